The molecule has 0 aromatic carbocycles. The first kappa shape index (κ1) is 21.0. The molecule has 0 aliphatic heterocycles. The standard InChI is InChI=1S/C18H24F3N3O3/c1-10(2)7-17(3,16(22)26)24-15(25)13-6-14(27-9-18(19,20)21)12(8-23-13)11-4-5-11/h6,8,10-11H,4-5,7,9H2,1-3H3,(H2,22,26)(H,24,25). The van der Waals surface area contributed by atoms with Crippen LogP contribution in [0.15, 0.2) is 12.3 Å². The molecule has 1 unspecified atom stereocenters. The maximum atomic E-state index is 12.5. The SMILES string of the molecule is CC(C)CC(C)(NC(=O)c1cc(OCC(F)(F)F)c(C2CC2)cn1)C(N)=O. The van der Waals surface area contributed by atoms with E-state index >= 15 is 0 Å². The molecule has 0 saturated heterocycles. The summed E-state index contributed by atoms with van der Waals surface area (Å²) in [6, 6.07) is 1.19. The monoisotopic (exact) mass is 387 g/mol. The number of hydrogen-bond acceptors (Lipinski definition) is 4. The van der Waals surface area contributed by atoms with Crippen LogP contribution >= 0.6 is 0 Å². The molecular weight excluding hydrogens is 363 g/mol. The van der Waals surface area contributed by atoms with Crippen molar-refractivity contribution >= 4 is 11.8 Å². The topological polar surface area (TPSA) is 94.3 Å². The maximum Gasteiger partial charge on any atom is 0.422 e. The summed E-state index contributed by atoms with van der Waals surface area (Å²) in [4.78, 5) is 28.4. The molecular formula is C18H24F3N3O3. The number of carbonyl (C=O) groups excluding carboxylic acids is 2. The second-order valence-electron chi connectivity index (χ2n) is 7.53. The summed E-state index contributed by atoms with van der Waals surface area (Å²) < 4.78 is 42.4. The molecule has 2 amide bonds. The van der Waals surface area contributed by atoms with Crippen molar-refractivity contribution in [3.05, 3.63) is 23.5 Å². The van der Waals surface area contributed by atoms with Crippen LogP contribution in [0.3, 0.4) is 0 Å². The Morgan fingerprint density at radius 2 is 2.00 bits per heavy atom. The van der Waals surface area contributed by atoms with Crippen LogP contribution in [0.4, 0.5) is 13.2 Å². The number of primary amides is 1. The molecule has 0 spiro atoms. The first-order valence-electron chi connectivity index (χ1n) is 8.73. The molecule has 1 aromatic rings. The zero-order valence-corrected chi connectivity index (χ0v) is 15.5. The molecule has 1 saturated carbocycles. The normalized spacial score (nSPS) is 16.7. The van der Waals surface area contributed by atoms with Gasteiger partial charge in [-0.2, -0.15) is 13.2 Å². The minimum absolute atomic E-state index is 0.0142. The fraction of sp³-hybridized carbons (Fsp3) is 0.611. The third-order valence-corrected chi connectivity index (χ3v) is 4.29. The molecule has 6 nitrogen and oxygen atoms in total. The van der Waals surface area contributed by atoms with Crippen LogP contribution in [-0.4, -0.2) is 35.1 Å². The molecule has 1 atom stereocenters. The number of nitrogens with one attached hydrogen (secondary N) is 1. The third-order valence-electron chi connectivity index (χ3n) is 4.29. The molecule has 1 aliphatic carbocycles. The minimum atomic E-state index is -4.49. The Kier molecular flexibility index (Phi) is 6.01. The third kappa shape index (κ3) is 5.83. The van der Waals surface area contributed by atoms with Gasteiger partial charge >= 0.3 is 6.18 Å². The smallest absolute Gasteiger partial charge is 0.422 e. The predicted molar refractivity (Wildman–Crippen MR) is 92.3 cm³/mol. The van der Waals surface area contributed by atoms with E-state index < -0.39 is 30.1 Å². The van der Waals surface area contributed by atoms with E-state index in [2.05, 4.69) is 10.3 Å². The Balaban J connectivity index is 2.23. The van der Waals surface area contributed by atoms with Gasteiger partial charge in [0, 0.05) is 17.8 Å². The molecule has 1 aliphatic rings. The molecule has 1 fully saturated rings. The molecule has 0 radical (unpaired) electrons. The van der Waals surface area contributed by atoms with Crippen LogP contribution < -0.4 is 15.8 Å². The number of halogens is 3. The van der Waals surface area contributed by atoms with Crippen LogP contribution in [0.2, 0.25) is 0 Å². The van der Waals surface area contributed by atoms with Crippen molar-refractivity contribution in [3.63, 3.8) is 0 Å². The van der Waals surface area contributed by atoms with Gasteiger partial charge in [-0.1, -0.05) is 13.8 Å². The molecule has 1 aromatic heterocycles. The number of nitrogens with zero attached hydrogens (tertiary/aromatic N) is 1. The van der Waals surface area contributed by atoms with Crippen molar-refractivity contribution in [1.29, 1.82) is 0 Å². The van der Waals surface area contributed by atoms with Gasteiger partial charge in [0.15, 0.2) is 6.61 Å². The fourth-order valence-corrected chi connectivity index (χ4v) is 2.90. The summed E-state index contributed by atoms with van der Waals surface area (Å²) in [5.74, 6) is -1.24. The van der Waals surface area contributed by atoms with Gasteiger partial charge in [-0.25, -0.2) is 0 Å². The van der Waals surface area contributed by atoms with Gasteiger partial charge in [0.05, 0.1) is 0 Å². The zero-order chi connectivity index (χ0) is 20.4. The van der Waals surface area contributed by atoms with Crippen molar-refractivity contribution in [2.75, 3.05) is 6.61 Å². The summed E-state index contributed by atoms with van der Waals surface area (Å²) in [5, 5.41) is 2.55. The van der Waals surface area contributed by atoms with Gasteiger partial charge in [0.25, 0.3) is 5.91 Å². The molecule has 27 heavy (non-hydrogen) atoms. The van der Waals surface area contributed by atoms with Gasteiger partial charge < -0.3 is 15.8 Å². The number of rotatable bonds is 8. The van der Waals surface area contributed by atoms with Crippen LogP contribution in [0.25, 0.3) is 0 Å². The summed E-state index contributed by atoms with van der Waals surface area (Å²) in [7, 11) is 0. The first-order chi connectivity index (χ1) is 12.4. The van der Waals surface area contributed by atoms with Crippen LogP contribution in [-0.2, 0) is 4.79 Å². The maximum absolute atomic E-state index is 12.5. The number of ether oxygens (including phenoxy) is 1. The van der Waals surface area contributed by atoms with Crippen LogP contribution in [0, 0.1) is 5.92 Å². The first-order valence-corrected chi connectivity index (χ1v) is 8.73. The van der Waals surface area contributed by atoms with E-state index in [0.29, 0.717) is 12.0 Å². The Morgan fingerprint density at radius 3 is 2.48 bits per heavy atom. The zero-order valence-electron chi connectivity index (χ0n) is 15.5. The van der Waals surface area contributed by atoms with E-state index in [1.54, 1.807) is 0 Å². The summed E-state index contributed by atoms with van der Waals surface area (Å²) in [6.45, 7) is 3.80. The second-order valence-corrected chi connectivity index (χ2v) is 7.53. The van der Waals surface area contributed by atoms with Gasteiger partial charge in [0.1, 0.15) is 17.0 Å². The van der Waals surface area contributed by atoms with E-state index in [0.717, 1.165) is 12.8 Å². The van der Waals surface area contributed by atoms with Crippen molar-refractivity contribution in [1.82, 2.24) is 10.3 Å². The van der Waals surface area contributed by atoms with Crippen molar-refractivity contribution in [2.24, 2.45) is 11.7 Å². The van der Waals surface area contributed by atoms with Crippen molar-refractivity contribution in [2.45, 2.75) is 57.7 Å². The minimum Gasteiger partial charge on any atom is -0.484 e. The van der Waals surface area contributed by atoms with Crippen molar-refractivity contribution in [3.8, 4) is 5.75 Å². The van der Waals surface area contributed by atoms with E-state index in [1.807, 2.05) is 13.8 Å². The molecule has 0 bridgehead atoms. The number of nitrogens with two attached hydrogens (primary N) is 1. The van der Waals surface area contributed by atoms with Gasteiger partial charge in [0.2, 0.25) is 5.91 Å². The molecule has 2 rings (SSSR count). The molecule has 9 heteroatoms. The number of pyridine rings is 1. The quantitative estimate of drug-likeness (QED) is 0.717. The number of carbonyl (C=O) groups is 2. The lowest BCUT2D eigenvalue weighted by atomic mass is 9.90. The number of alkyl halides is 3. The highest BCUT2D eigenvalue weighted by atomic mass is 19.4. The highest BCUT2D eigenvalue weighted by molar-refractivity contribution is 5.97. The van der Waals surface area contributed by atoms with E-state index in [-0.39, 0.29) is 23.3 Å². The lowest BCUT2D eigenvalue weighted by molar-refractivity contribution is -0.153. The Labute approximate surface area is 155 Å². The average Bonchev–Trinajstić information content (AvgIpc) is 3.35. The lowest BCUT2D eigenvalue weighted by Crippen LogP contribution is -2.56. The highest BCUT2D eigenvalue weighted by Gasteiger charge is 2.35. The molecule has 3 N–H and O–H groups in total. The van der Waals surface area contributed by atoms with E-state index in [9.17, 15) is 22.8 Å². The van der Waals surface area contributed by atoms with E-state index in [1.165, 1.54) is 19.2 Å². The Hall–Kier alpha value is -2.32. The van der Waals surface area contributed by atoms with E-state index in [4.69, 9.17) is 10.5 Å². The second kappa shape index (κ2) is 7.74. The molecule has 150 valence electrons. The fourth-order valence-electron chi connectivity index (χ4n) is 2.90. The average molecular weight is 387 g/mol. The number of aromatic nitrogens is 1. The number of amides is 2. The predicted octanol–water partition coefficient (Wildman–Crippen LogP) is 2.92. The summed E-state index contributed by atoms with van der Waals surface area (Å²) in [5.41, 5.74) is 4.54. The van der Waals surface area contributed by atoms with Gasteiger partial charge in [-0.15, -0.1) is 0 Å². The molecule has 1 heterocycles. The van der Waals surface area contributed by atoms with Gasteiger partial charge in [-0.3, -0.25) is 14.6 Å². The summed E-state index contributed by atoms with van der Waals surface area (Å²) >= 11 is 0. The number of hydrogen-bond donors (Lipinski definition) is 2. The highest BCUT2D eigenvalue weighted by Crippen LogP contribution is 2.44. The largest absolute Gasteiger partial charge is 0.484 e. The van der Waals surface area contributed by atoms with Crippen molar-refractivity contribution < 1.29 is 27.5 Å². The van der Waals surface area contributed by atoms with Crippen LogP contribution in [0.5, 0.6) is 5.75 Å². The Bertz CT molecular complexity index is 718. The summed E-state index contributed by atoms with van der Waals surface area (Å²) in [6.07, 6.45) is -1.14. The van der Waals surface area contributed by atoms with Crippen LogP contribution in [0.1, 0.15) is 62.0 Å². The Morgan fingerprint density at radius 1 is 1.37 bits per heavy atom. The lowest BCUT2D eigenvalue weighted by Gasteiger charge is -2.29. The van der Waals surface area contributed by atoms with Gasteiger partial charge in [-0.05, 0) is 38.0 Å².